The average Bonchev–Trinajstić information content (AvgIpc) is 2.82. The largest absolute Gasteiger partial charge is 0.497 e. The van der Waals surface area contributed by atoms with Crippen molar-refractivity contribution in [1.82, 2.24) is 5.32 Å². The second kappa shape index (κ2) is 9.04. The van der Waals surface area contributed by atoms with E-state index >= 15 is 0 Å². The zero-order valence-electron chi connectivity index (χ0n) is 18.4. The summed E-state index contributed by atoms with van der Waals surface area (Å²) >= 11 is 0. The first-order valence-electron chi connectivity index (χ1n) is 10.3. The lowest BCUT2D eigenvalue weighted by Gasteiger charge is -2.27. The molecule has 0 bridgehead atoms. The zero-order valence-corrected chi connectivity index (χ0v) is 18.4. The van der Waals surface area contributed by atoms with Crippen molar-refractivity contribution in [2.45, 2.75) is 6.92 Å². The molecule has 8 heteroatoms. The molecule has 0 aliphatic carbocycles. The minimum Gasteiger partial charge on any atom is -0.497 e. The first kappa shape index (κ1) is 21.9. The Kier molecular flexibility index (Phi) is 5.99. The molecule has 0 atom stereocenters. The normalized spacial score (nSPS) is 15.1. The van der Waals surface area contributed by atoms with E-state index < -0.39 is 17.8 Å². The third-order valence-electron chi connectivity index (χ3n) is 5.25. The van der Waals surface area contributed by atoms with Crippen molar-refractivity contribution in [3.63, 3.8) is 0 Å². The third-order valence-corrected chi connectivity index (χ3v) is 5.25. The molecule has 8 nitrogen and oxygen atoms in total. The van der Waals surface area contributed by atoms with E-state index in [1.54, 1.807) is 50.4 Å². The first-order valence-corrected chi connectivity index (χ1v) is 10.3. The SMILES string of the molecule is CCOc1ccccc1N1C(=O)NC(=O)/C(=C\c2c(OC)ccc3ccc(OC)cc23)C1=O. The van der Waals surface area contributed by atoms with Crippen molar-refractivity contribution < 1.29 is 28.6 Å². The molecule has 1 aliphatic rings. The number of amides is 4. The number of rotatable bonds is 6. The molecule has 0 spiro atoms. The minimum atomic E-state index is -0.846. The van der Waals surface area contributed by atoms with Crippen molar-refractivity contribution in [3.8, 4) is 17.2 Å². The van der Waals surface area contributed by atoms with Crippen LogP contribution in [0, 0.1) is 0 Å². The molecule has 1 fully saturated rings. The Bertz CT molecular complexity index is 1290. The van der Waals surface area contributed by atoms with E-state index in [1.807, 2.05) is 18.2 Å². The smallest absolute Gasteiger partial charge is 0.336 e. The van der Waals surface area contributed by atoms with Gasteiger partial charge in [0.25, 0.3) is 11.8 Å². The lowest BCUT2D eigenvalue weighted by Crippen LogP contribution is -2.54. The van der Waals surface area contributed by atoms with Crippen molar-refractivity contribution in [2.24, 2.45) is 0 Å². The summed E-state index contributed by atoms with van der Waals surface area (Å²) in [5, 5.41) is 3.83. The van der Waals surface area contributed by atoms with E-state index in [1.165, 1.54) is 13.2 Å². The van der Waals surface area contributed by atoms with Crippen LogP contribution < -0.4 is 24.4 Å². The van der Waals surface area contributed by atoms with E-state index in [-0.39, 0.29) is 11.3 Å². The summed E-state index contributed by atoms with van der Waals surface area (Å²) in [6.07, 6.45) is 1.43. The fourth-order valence-corrected chi connectivity index (χ4v) is 3.70. The molecular weight excluding hydrogens is 424 g/mol. The number of imide groups is 2. The van der Waals surface area contributed by atoms with Gasteiger partial charge < -0.3 is 14.2 Å². The summed E-state index contributed by atoms with van der Waals surface area (Å²) in [7, 11) is 3.05. The summed E-state index contributed by atoms with van der Waals surface area (Å²) in [6.45, 7) is 2.14. The molecule has 4 amide bonds. The van der Waals surface area contributed by atoms with Crippen LogP contribution in [0.5, 0.6) is 17.2 Å². The van der Waals surface area contributed by atoms with Crippen molar-refractivity contribution in [1.29, 1.82) is 0 Å². The number of nitrogens with one attached hydrogen (secondary N) is 1. The number of barbiturate groups is 1. The van der Waals surface area contributed by atoms with Gasteiger partial charge in [-0.15, -0.1) is 0 Å². The molecule has 1 aliphatic heterocycles. The monoisotopic (exact) mass is 446 g/mol. The van der Waals surface area contributed by atoms with Gasteiger partial charge in [-0.1, -0.05) is 24.3 Å². The van der Waals surface area contributed by atoms with Gasteiger partial charge in [0.05, 0.1) is 26.5 Å². The van der Waals surface area contributed by atoms with Crippen LogP contribution in [0.2, 0.25) is 0 Å². The highest BCUT2D eigenvalue weighted by atomic mass is 16.5. The summed E-state index contributed by atoms with van der Waals surface area (Å²) in [4.78, 5) is 39.7. The van der Waals surface area contributed by atoms with Crippen LogP contribution in [0.25, 0.3) is 16.8 Å². The van der Waals surface area contributed by atoms with E-state index in [4.69, 9.17) is 14.2 Å². The van der Waals surface area contributed by atoms with Crippen molar-refractivity contribution >= 4 is 40.4 Å². The predicted octanol–water partition coefficient (Wildman–Crippen LogP) is 3.92. The van der Waals surface area contributed by atoms with Gasteiger partial charge in [0, 0.05) is 5.56 Å². The van der Waals surface area contributed by atoms with Gasteiger partial charge in [-0.2, -0.15) is 0 Å². The number of urea groups is 1. The number of methoxy groups -OCH3 is 2. The molecule has 33 heavy (non-hydrogen) atoms. The molecule has 0 unspecified atom stereocenters. The fraction of sp³-hybridized carbons (Fsp3) is 0.160. The summed E-state index contributed by atoms with van der Waals surface area (Å²) in [5.41, 5.74) is 0.543. The van der Waals surface area contributed by atoms with Gasteiger partial charge in [-0.05, 0) is 54.1 Å². The number of fused-ring (bicyclic) bond motifs is 1. The highest BCUT2D eigenvalue weighted by molar-refractivity contribution is 6.39. The van der Waals surface area contributed by atoms with Crippen LogP contribution in [0.4, 0.5) is 10.5 Å². The highest BCUT2D eigenvalue weighted by Crippen LogP contribution is 2.35. The molecule has 4 rings (SSSR count). The Balaban J connectivity index is 1.88. The Labute approximate surface area is 190 Å². The summed E-state index contributed by atoms with van der Waals surface area (Å²) in [5.74, 6) is -0.140. The van der Waals surface area contributed by atoms with Gasteiger partial charge in [-0.25, -0.2) is 9.69 Å². The van der Waals surface area contributed by atoms with Crippen molar-refractivity contribution in [3.05, 3.63) is 65.7 Å². The van der Waals surface area contributed by atoms with E-state index in [2.05, 4.69) is 5.32 Å². The van der Waals surface area contributed by atoms with Crippen LogP contribution in [0.1, 0.15) is 12.5 Å². The summed E-state index contributed by atoms with van der Waals surface area (Å²) in [6, 6.07) is 14.9. The van der Waals surface area contributed by atoms with Gasteiger partial charge in [0.15, 0.2) is 0 Å². The molecule has 3 aromatic carbocycles. The van der Waals surface area contributed by atoms with Gasteiger partial charge in [-0.3, -0.25) is 14.9 Å². The van der Waals surface area contributed by atoms with Crippen LogP contribution in [-0.4, -0.2) is 38.7 Å². The van der Waals surface area contributed by atoms with Crippen molar-refractivity contribution in [2.75, 3.05) is 25.7 Å². The zero-order chi connectivity index (χ0) is 23.5. The molecule has 0 radical (unpaired) electrons. The fourth-order valence-electron chi connectivity index (χ4n) is 3.70. The number of para-hydroxylation sites is 2. The standard InChI is InChI=1S/C25H22N2O6/c1-4-33-22-8-6-5-7-20(22)27-24(29)19(23(28)26-25(27)30)14-18-17-13-16(31-2)11-9-15(17)10-12-21(18)32-3/h5-14H,4H2,1-3H3,(H,26,28,30)/b19-14+. The average molecular weight is 446 g/mol. The number of carbonyl (C=O) groups excluding carboxylic acids is 3. The molecule has 1 heterocycles. The van der Waals surface area contributed by atoms with Crippen LogP contribution >= 0.6 is 0 Å². The predicted molar refractivity (Wildman–Crippen MR) is 124 cm³/mol. The molecular formula is C25H22N2O6. The van der Waals surface area contributed by atoms with Gasteiger partial charge in [0.2, 0.25) is 0 Å². The van der Waals surface area contributed by atoms with Crippen LogP contribution in [0.3, 0.4) is 0 Å². The Morgan fingerprint density at radius 1 is 0.939 bits per heavy atom. The number of hydrogen-bond donors (Lipinski definition) is 1. The Morgan fingerprint density at radius 3 is 2.42 bits per heavy atom. The number of nitrogens with zero attached hydrogens (tertiary/aromatic N) is 1. The number of ether oxygens (including phenoxy) is 3. The third kappa shape index (κ3) is 3.98. The Morgan fingerprint density at radius 2 is 1.70 bits per heavy atom. The lowest BCUT2D eigenvalue weighted by atomic mass is 9.99. The van der Waals surface area contributed by atoms with E-state index in [9.17, 15) is 14.4 Å². The molecule has 168 valence electrons. The topological polar surface area (TPSA) is 94.2 Å². The minimum absolute atomic E-state index is 0.213. The lowest BCUT2D eigenvalue weighted by molar-refractivity contribution is -0.122. The molecule has 1 N–H and O–H groups in total. The first-order chi connectivity index (χ1) is 16.0. The summed E-state index contributed by atoms with van der Waals surface area (Å²) < 4.78 is 16.4. The molecule has 1 saturated heterocycles. The molecule has 3 aromatic rings. The van der Waals surface area contributed by atoms with Crippen LogP contribution in [0.15, 0.2) is 60.2 Å². The maximum absolute atomic E-state index is 13.4. The maximum atomic E-state index is 13.4. The van der Waals surface area contributed by atoms with E-state index in [0.717, 1.165) is 15.7 Å². The van der Waals surface area contributed by atoms with E-state index in [0.29, 0.717) is 29.4 Å². The quantitative estimate of drug-likeness (QED) is 0.456. The second-order valence-corrected chi connectivity index (χ2v) is 7.13. The van der Waals surface area contributed by atoms with Gasteiger partial charge in [0.1, 0.15) is 22.8 Å². The second-order valence-electron chi connectivity index (χ2n) is 7.13. The number of hydrogen-bond acceptors (Lipinski definition) is 6. The highest BCUT2D eigenvalue weighted by Gasteiger charge is 2.38. The van der Waals surface area contributed by atoms with Crippen LogP contribution in [-0.2, 0) is 9.59 Å². The molecule has 0 aromatic heterocycles. The Hall–Kier alpha value is -4.33. The number of benzene rings is 3. The molecule has 0 saturated carbocycles. The number of carbonyl (C=O) groups is 3. The maximum Gasteiger partial charge on any atom is 0.336 e. The van der Waals surface area contributed by atoms with Gasteiger partial charge >= 0.3 is 6.03 Å². The number of anilines is 1.